The largest absolute Gasteiger partial charge is 0.324 e. The van der Waals surface area contributed by atoms with E-state index in [0.29, 0.717) is 16.8 Å². The molecular formula is C23H20N2O3. The van der Waals surface area contributed by atoms with Crippen LogP contribution in [0.3, 0.4) is 0 Å². The average Bonchev–Trinajstić information content (AvgIpc) is 2.93. The van der Waals surface area contributed by atoms with Crippen LogP contribution in [-0.4, -0.2) is 28.7 Å². The van der Waals surface area contributed by atoms with Crippen molar-refractivity contribution in [3.05, 3.63) is 77.9 Å². The summed E-state index contributed by atoms with van der Waals surface area (Å²) in [5.41, 5.74) is 1.32. The third kappa shape index (κ3) is 2.95. The molecule has 0 fully saturated rings. The summed E-state index contributed by atoms with van der Waals surface area (Å²) in [5.74, 6) is -1.46. The number of anilines is 1. The van der Waals surface area contributed by atoms with Gasteiger partial charge in [0.05, 0.1) is 11.1 Å². The second-order valence-electron chi connectivity index (χ2n) is 7.27. The Morgan fingerprint density at radius 3 is 2.00 bits per heavy atom. The molecular weight excluding hydrogens is 352 g/mol. The standard InChI is InChI=1S/C23H20N2O3/c1-14(2)20(25-22(27)18-9-5-6-10-19(18)23(25)28)21(26)24-17-12-11-15-7-3-4-8-16(15)13-17/h3-14,20H,1-2H3,(H,24,26). The maximum atomic E-state index is 13.1. The second-order valence-corrected chi connectivity index (χ2v) is 7.27. The van der Waals surface area contributed by atoms with Crippen molar-refractivity contribution >= 4 is 34.2 Å². The minimum atomic E-state index is -0.890. The van der Waals surface area contributed by atoms with Gasteiger partial charge in [-0.2, -0.15) is 0 Å². The molecule has 140 valence electrons. The van der Waals surface area contributed by atoms with Crippen LogP contribution in [0.25, 0.3) is 10.8 Å². The van der Waals surface area contributed by atoms with Gasteiger partial charge in [0.15, 0.2) is 0 Å². The van der Waals surface area contributed by atoms with Crippen molar-refractivity contribution in [2.75, 3.05) is 5.32 Å². The Morgan fingerprint density at radius 2 is 1.39 bits per heavy atom. The molecule has 3 aromatic carbocycles. The zero-order valence-electron chi connectivity index (χ0n) is 15.7. The summed E-state index contributed by atoms with van der Waals surface area (Å²) in [6.45, 7) is 3.66. The zero-order valence-corrected chi connectivity index (χ0v) is 15.7. The minimum absolute atomic E-state index is 0.234. The number of hydrogen-bond acceptors (Lipinski definition) is 3. The van der Waals surface area contributed by atoms with Crippen LogP contribution in [-0.2, 0) is 4.79 Å². The highest BCUT2D eigenvalue weighted by Gasteiger charge is 2.43. The van der Waals surface area contributed by atoms with Crippen LogP contribution >= 0.6 is 0 Å². The molecule has 1 aliphatic heterocycles. The molecule has 0 aromatic heterocycles. The highest BCUT2D eigenvalue weighted by molar-refractivity contribution is 6.23. The van der Waals surface area contributed by atoms with E-state index in [9.17, 15) is 14.4 Å². The zero-order chi connectivity index (χ0) is 19.8. The van der Waals surface area contributed by atoms with Gasteiger partial charge in [-0.25, -0.2) is 0 Å². The number of fused-ring (bicyclic) bond motifs is 2. The molecule has 5 nitrogen and oxygen atoms in total. The molecule has 28 heavy (non-hydrogen) atoms. The molecule has 1 atom stereocenters. The van der Waals surface area contributed by atoms with Gasteiger partial charge < -0.3 is 5.32 Å². The summed E-state index contributed by atoms with van der Waals surface area (Å²) in [5, 5.41) is 4.95. The van der Waals surface area contributed by atoms with Crippen molar-refractivity contribution in [2.24, 2.45) is 5.92 Å². The van der Waals surface area contributed by atoms with E-state index in [-0.39, 0.29) is 11.8 Å². The van der Waals surface area contributed by atoms with Crippen LogP contribution in [0.15, 0.2) is 66.7 Å². The second kappa shape index (κ2) is 6.93. The SMILES string of the molecule is CC(C)C(C(=O)Nc1ccc2ccccc2c1)N1C(=O)c2ccccc2C1=O. The third-order valence-corrected chi connectivity index (χ3v) is 5.02. The van der Waals surface area contributed by atoms with Crippen molar-refractivity contribution in [3.63, 3.8) is 0 Å². The molecule has 0 saturated carbocycles. The van der Waals surface area contributed by atoms with Crippen molar-refractivity contribution < 1.29 is 14.4 Å². The summed E-state index contributed by atoms with van der Waals surface area (Å²) in [4.78, 5) is 39.8. The van der Waals surface area contributed by atoms with Gasteiger partial charge in [0, 0.05) is 5.69 Å². The fraction of sp³-hybridized carbons (Fsp3) is 0.174. The molecule has 1 aliphatic rings. The van der Waals surface area contributed by atoms with Gasteiger partial charge in [0.1, 0.15) is 6.04 Å². The number of carbonyl (C=O) groups excluding carboxylic acids is 3. The first-order valence-corrected chi connectivity index (χ1v) is 9.24. The lowest BCUT2D eigenvalue weighted by Gasteiger charge is -2.28. The van der Waals surface area contributed by atoms with Gasteiger partial charge >= 0.3 is 0 Å². The van der Waals surface area contributed by atoms with Crippen molar-refractivity contribution in [2.45, 2.75) is 19.9 Å². The molecule has 1 N–H and O–H groups in total. The summed E-state index contributed by atoms with van der Waals surface area (Å²) < 4.78 is 0. The van der Waals surface area contributed by atoms with E-state index in [1.807, 2.05) is 56.3 Å². The number of benzene rings is 3. The van der Waals surface area contributed by atoms with Crippen molar-refractivity contribution in [3.8, 4) is 0 Å². The van der Waals surface area contributed by atoms with Crippen LogP contribution < -0.4 is 5.32 Å². The molecule has 0 bridgehead atoms. The molecule has 3 amide bonds. The average molecular weight is 372 g/mol. The van der Waals surface area contributed by atoms with E-state index in [2.05, 4.69) is 5.32 Å². The number of nitrogens with zero attached hydrogens (tertiary/aromatic N) is 1. The summed E-state index contributed by atoms with van der Waals surface area (Å²) >= 11 is 0. The Labute approximate surface area is 163 Å². The Hall–Kier alpha value is -3.47. The molecule has 5 heteroatoms. The third-order valence-electron chi connectivity index (χ3n) is 5.02. The number of amides is 3. The molecule has 0 aliphatic carbocycles. The van der Waals surface area contributed by atoms with Gasteiger partial charge in [0.25, 0.3) is 11.8 Å². The lowest BCUT2D eigenvalue weighted by Crippen LogP contribution is -2.50. The maximum absolute atomic E-state index is 13.1. The highest BCUT2D eigenvalue weighted by Crippen LogP contribution is 2.28. The van der Waals surface area contributed by atoms with Crippen molar-refractivity contribution in [1.29, 1.82) is 0 Å². The Kier molecular flexibility index (Phi) is 4.43. The first-order valence-electron chi connectivity index (χ1n) is 9.24. The first-order chi connectivity index (χ1) is 13.5. The number of hydrogen-bond donors (Lipinski definition) is 1. The first kappa shape index (κ1) is 17.9. The van der Waals surface area contributed by atoms with Gasteiger partial charge in [0.2, 0.25) is 5.91 Å². The number of rotatable bonds is 4. The molecule has 0 saturated heterocycles. The van der Waals surface area contributed by atoms with Gasteiger partial charge in [-0.15, -0.1) is 0 Å². The predicted molar refractivity (Wildman–Crippen MR) is 108 cm³/mol. The van der Waals surface area contributed by atoms with Crippen LogP contribution in [0.1, 0.15) is 34.6 Å². The molecule has 1 unspecified atom stereocenters. The normalized spacial score (nSPS) is 14.5. The predicted octanol–water partition coefficient (Wildman–Crippen LogP) is 4.10. The number of carbonyl (C=O) groups is 3. The molecule has 1 heterocycles. The van der Waals surface area contributed by atoms with Crippen molar-refractivity contribution in [1.82, 2.24) is 4.90 Å². The summed E-state index contributed by atoms with van der Waals surface area (Å²) in [7, 11) is 0. The lowest BCUT2D eigenvalue weighted by molar-refractivity contribution is -0.121. The molecule has 0 radical (unpaired) electrons. The highest BCUT2D eigenvalue weighted by atomic mass is 16.2. The lowest BCUT2D eigenvalue weighted by atomic mass is 10.0. The quantitative estimate of drug-likeness (QED) is 0.701. The van der Waals surface area contributed by atoms with E-state index in [4.69, 9.17) is 0 Å². The van der Waals surface area contributed by atoms with E-state index in [0.717, 1.165) is 15.7 Å². The van der Waals surface area contributed by atoms with Crippen LogP contribution in [0.4, 0.5) is 5.69 Å². The van der Waals surface area contributed by atoms with Gasteiger partial charge in [-0.05, 0) is 41.0 Å². The minimum Gasteiger partial charge on any atom is -0.324 e. The van der Waals surface area contributed by atoms with Gasteiger partial charge in [-0.3, -0.25) is 19.3 Å². The van der Waals surface area contributed by atoms with Crippen LogP contribution in [0.5, 0.6) is 0 Å². The summed E-state index contributed by atoms with van der Waals surface area (Å²) in [6.07, 6.45) is 0. The maximum Gasteiger partial charge on any atom is 0.262 e. The van der Waals surface area contributed by atoms with E-state index < -0.39 is 17.9 Å². The Balaban J connectivity index is 1.64. The number of imide groups is 1. The molecule has 4 rings (SSSR count). The fourth-order valence-electron chi connectivity index (χ4n) is 3.66. The fourth-order valence-corrected chi connectivity index (χ4v) is 3.66. The van der Waals surface area contributed by atoms with Crippen LogP contribution in [0.2, 0.25) is 0 Å². The topological polar surface area (TPSA) is 66.5 Å². The summed E-state index contributed by atoms with van der Waals surface area (Å²) in [6, 6.07) is 19.3. The number of nitrogens with one attached hydrogen (secondary N) is 1. The molecule has 3 aromatic rings. The van der Waals surface area contributed by atoms with Crippen LogP contribution in [0, 0.1) is 5.92 Å². The Bertz CT molecular complexity index is 1070. The van der Waals surface area contributed by atoms with Gasteiger partial charge in [-0.1, -0.05) is 56.3 Å². The smallest absolute Gasteiger partial charge is 0.262 e. The van der Waals surface area contributed by atoms with E-state index in [1.165, 1.54) is 0 Å². The van der Waals surface area contributed by atoms with E-state index >= 15 is 0 Å². The monoisotopic (exact) mass is 372 g/mol. The molecule has 0 spiro atoms. The van der Waals surface area contributed by atoms with E-state index in [1.54, 1.807) is 24.3 Å². The Morgan fingerprint density at radius 1 is 0.821 bits per heavy atom.